The number of carbonyl (C=O) groups excluding carboxylic acids is 1. The Morgan fingerprint density at radius 1 is 0.867 bits per heavy atom. The third-order valence-corrected chi connectivity index (χ3v) is 9.63. The van der Waals surface area contributed by atoms with Gasteiger partial charge in [0, 0.05) is 24.5 Å². The molecule has 2 aliphatic heterocycles. The van der Waals surface area contributed by atoms with Crippen LogP contribution in [-0.4, -0.2) is 171 Å². The molecule has 2 saturated heterocycles. The maximum atomic E-state index is 12.8. The molecule has 4 aliphatic rings. The molecule has 2 aliphatic carbocycles. The second-order valence-electron chi connectivity index (χ2n) is 12.9. The molecule has 0 aromatic carbocycles. The molecule has 18 N–H and O–H groups in total. The molecule has 0 bridgehead atoms. The molecular formula is C27H52N6O12. The second-order valence-corrected chi connectivity index (χ2v) is 12.9. The summed E-state index contributed by atoms with van der Waals surface area (Å²) in [5, 5.41) is 90.8. The zero-order chi connectivity index (χ0) is 33.2. The number of hydrogen-bond donors (Lipinski definition) is 14. The van der Waals surface area contributed by atoms with Crippen molar-refractivity contribution in [3.05, 3.63) is 0 Å². The number of ether oxygens (including phenoxy) is 3. The maximum absolute atomic E-state index is 12.8. The van der Waals surface area contributed by atoms with E-state index >= 15 is 0 Å². The predicted molar refractivity (Wildman–Crippen MR) is 155 cm³/mol. The molecule has 4 rings (SSSR count). The summed E-state index contributed by atoms with van der Waals surface area (Å²) in [5.74, 6) is -1.60. The molecule has 0 spiro atoms. The summed E-state index contributed by atoms with van der Waals surface area (Å²) in [6.45, 7) is 0.0775. The van der Waals surface area contributed by atoms with Crippen LogP contribution in [0.1, 0.15) is 25.7 Å². The van der Waals surface area contributed by atoms with Crippen molar-refractivity contribution in [1.29, 1.82) is 0 Å². The van der Waals surface area contributed by atoms with Gasteiger partial charge in [-0.2, -0.15) is 0 Å². The first-order valence-electron chi connectivity index (χ1n) is 15.6. The number of nitrogens with one attached hydrogen (secondary N) is 2. The van der Waals surface area contributed by atoms with Gasteiger partial charge in [-0.1, -0.05) is 0 Å². The highest BCUT2D eigenvalue weighted by Crippen LogP contribution is 2.37. The molecule has 0 aromatic heterocycles. The van der Waals surface area contributed by atoms with E-state index in [1.165, 1.54) is 0 Å². The second kappa shape index (κ2) is 15.8. The van der Waals surface area contributed by atoms with Crippen LogP contribution in [0.15, 0.2) is 0 Å². The molecule has 45 heavy (non-hydrogen) atoms. The van der Waals surface area contributed by atoms with Crippen LogP contribution in [0.4, 0.5) is 0 Å². The molecule has 0 aromatic rings. The fourth-order valence-electron chi connectivity index (χ4n) is 6.85. The number of aliphatic hydroxyl groups is 8. The van der Waals surface area contributed by atoms with Gasteiger partial charge >= 0.3 is 0 Å². The number of nitrogens with two attached hydrogens (primary N) is 4. The SMILES string of the molecule is NCC[C@H](O)C(=O)N[C@@H]1C[C@H](N)C([C@H]2O[C@H](CNCC3CC(N)C3)[C@@H](O)[C@H](O)[C@H]2O)[C@H](O)[C@H]1O[C@H]1O[C@H](CO)[C@@H](O)[C@H](N)[C@H]1O. The van der Waals surface area contributed by atoms with Crippen molar-refractivity contribution in [3.8, 4) is 0 Å². The smallest absolute Gasteiger partial charge is 0.249 e. The topological polar surface area (TPSA) is 335 Å². The van der Waals surface area contributed by atoms with Crippen molar-refractivity contribution < 1.29 is 59.9 Å². The molecule has 2 saturated carbocycles. The minimum atomic E-state index is -1.68. The van der Waals surface area contributed by atoms with E-state index in [2.05, 4.69) is 10.6 Å². The molecule has 2 heterocycles. The van der Waals surface area contributed by atoms with Crippen LogP contribution >= 0.6 is 0 Å². The minimum Gasteiger partial charge on any atom is -0.394 e. The maximum Gasteiger partial charge on any atom is 0.249 e. The Bertz CT molecular complexity index is 952. The van der Waals surface area contributed by atoms with Gasteiger partial charge in [0.2, 0.25) is 5.91 Å². The molecule has 262 valence electrons. The van der Waals surface area contributed by atoms with E-state index in [4.69, 9.17) is 37.1 Å². The van der Waals surface area contributed by atoms with Gasteiger partial charge in [-0.15, -0.1) is 0 Å². The molecule has 18 nitrogen and oxygen atoms in total. The molecule has 0 radical (unpaired) electrons. The summed E-state index contributed by atoms with van der Waals surface area (Å²) < 4.78 is 17.6. The van der Waals surface area contributed by atoms with Gasteiger partial charge < -0.3 is 88.6 Å². The van der Waals surface area contributed by atoms with Crippen molar-refractivity contribution in [3.63, 3.8) is 0 Å². The summed E-state index contributed by atoms with van der Waals surface area (Å²) in [6.07, 6.45) is -16.0. The average Bonchev–Trinajstić information content (AvgIpc) is 2.98. The van der Waals surface area contributed by atoms with Gasteiger partial charge in [0.15, 0.2) is 6.29 Å². The van der Waals surface area contributed by atoms with Crippen molar-refractivity contribution >= 4 is 5.91 Å². The van der Waals surface area contributed by atoms with E-state index in [0.29, 0.717) is 12.5 Å². The fourth-order valence-corrected chi connectivity index (χ4v) is 6.85. The summed E-state index contributed by atoms with van der Waals surface area (Å²) >= 11 is 0. The van der Waals surface area contributed by atoms with Crippen LogP contribution in [0, 0.1) is 11.8 Å². The first-order chi connectivity index (χ1) is 21.3. The van der Waals surface area contributed by atoms with E-state index in [1.807, 2.05) is 0 Å². The van der Waals surface area contributed by atoms with E-state index in [9.17, 15) is 45.6 Å². The summed E-state index contributed by atoms with van der Waals surface area (Å²) in [4.78, 5) is 12.8. The predicted octanol–water partition coefficient (Wildman–Crippen LogP) is -7.78. The van der Waals surface area contributed by atoms with Gasteiger partial charge in [0.1, 0.15) is 48.8 Å². The van der Waals surface area contributed by atoms with Gasteiger partial charge in [0.25, 0.3) is 0 Å². The zero-order valence-corrected chi connectivity index (χ0v) is 25.1. The Hall–Kier alpha value is -1.17. The summed E-state index contributed by atoms with van der Waals surface area (Å²) in [5.41, 5.74) is 23.7. The first-order valence-corrected chi connectivity index (χ1v) is 15.6. The van der Waals surface area contributed by atoms with Gasteiger partial charge in [-0.25, -0.2) is 0 Å². The lowest BCUT2D eigenvalue weighted by molar-refractivity contribution is -0.310. The average molecular weight is 653 g/mol. The molecule has 4 fully saturated rings. The van der Waals surface area contributed by atoms with Crippen molar-refractivity contribution in [1.82, 2.24) is 10.6 Å². The molecule has 18 heteroatoms. The van der Waals surface area contributed by atoms with Crippen LogP contribution < -0.4 is 33.6 Å². The molecule has 16 atom stereocenters. The largest absolute Gasteiger partial charge is 0.394 e. The quantitative estimate of drug-likeness (QED) is 0.0930. The lowest BCUT2D eigenvalue weighted by atomic mass is 9.72. The van der Waals surface area contributed by atoms with Crippen LogP contribution in [0.5, 0.6) is 0 Å². The highest BCUT2D eigenvalue weighted by Gasteiger charge is 2.56. The zero-order valence-electron chi connectivity index (χ0n) is 25.1. The van der Waals surface area contributed by atoms with Crippen molar-refractivity contribution in [2.45, 2.75) is 123 Å². The Morgan fingerprint density at radius 3 is 2.18 bits per heavy atom. The number of aliphatic hydroxyl groups excluding tert-OH is 8. The lowest BCUT2D eigenvalue weighted by Gasteiger charge is -2.52. The van der Waals surface area contributed by atoms with E-state index in [1.54, 1.807) is 0 Å². The van der Waals surface area contributed by atoms with Crippen molar-refractivity contribution in [2.75, 3.05) is 26.2 Å². The van der Waals surface area contributed by atoms with Crippen LogP contribution in [0.3, 0.4) is 0 Å². The van der Waals surface area contributed by atoms with E-state index in [-0.39, 0.29) is 32.0 Å². The molecule has 1 amide bonds. The summed E-state index contributed by atoms with van der Waals surface area (Å²) in [6, 6.07) is -3.20. The third kappa shape index (κ3) is 8.11. The Morgan fingerprint density at radius 2 is 1.56 bits per heavy atom. The highest BCUT2D eigenvalue weighted by molar-refractivity contribution is 5.80. The first kappa shape index (κ1) is 36.7. The standard InChI is InChI=1S/C27H52N6O12/c28-2-1-13(35)26(42)33-12-5-11(30)16(20(38)24(12)45-27-21(39)17(31)18(36)15(8-34)44-27)25-23(41)22(40)19(37)14(43-25)7-32-6-9-3-10(29)4-9/h9-25,27,32,34-41H,1-8,28-31H2,(H,33,42)/t9?,10?,11-,12+,13-,14+,15+,16?,17-,18+,19+,20-,21+,22-,23+,24-,25+,27+/m0/s1. The van der Waals surface area contributed by atoms with E-state index in [0.717, 1.165) is 12.8 Å². The highest BCUT2D eigenvalue weighted by atomic mass is 16.7. The monoisotopic (exact) mass is 652 g/mol. The Balaban J connectivity index is 1.55. The summed E-state index contributed by atoms with van der Waals surface area (Å²) in [7, 11) is 0. The number of carbonyl (C=O) groups is 1. The number of rotatable bonds is 12. The normalized spacial score (nSPS) is 48.0. The van der Waals surface area contributed by atoms with Gasteiger partial charge in [0.05, 0.1) is 37.0 Å². The van der Waals surface area contributed by atoms with Crippen LogP contribution in [-0.2, 0) is 19.0 Å². The van der Waals surface area contributed by atoms with Gasteiger partial charge in [-0.05, 0) is 44.7 Å². The van der Waals surface area contributed by atoms with Crippen molar-refractivity contribution in [2.24, 2.45) is 34.8 Å². The molecule has 1 unspecified atom stereocenters. The van der Waals surface area contributed by atoms with Crippen LogP contribution in [0.2, 0.25) is 0 Å². The third-order valence-electron chi connectivity index (χ3n) is 9.63. The number of hydrogen-bond acceptors (Lipinski definition) is 17. The van der Waals surface area contributed by atoms with E-state index < -0.39 is 110 Å². The Kier molecular flexibility index (Phi) is 12.9. The number of amides is 1. The minimum absolute atomic E-state index is 0.0174. The Labute approximate surface area is 261 Å². The lowest BCUT2D eigenvalue weighted by Crippen LogP contribution is -2.71. The van der Waals surface area contributed by atoms with Gasteiger partial charge in [-0.3, -0.25) is 4.79 Å². The molecular weight excluding hydrogens is 600 g/mol. The fraction of sp³-hybridized carbons (Fsp3) is 0.963. The van der Waals surface area contributed by atoms with Crippen LogP contribution in [0.25, 0.3) is 0 Å².